The molecular formula is C6H11N5O2. The average molecular weight is 185 g/mol. The molecule has 0 aliphatic heterocycles. The van der Waals surface area contributed by atoms with E-state index in [1.54, 1.807) is 7.05 Å². The van der Waals surface area contributed by atoms with Crippen LogP contribution >= 0.6 is 0 Å². The van der Waals surface area contributed by atoms with Crippen molar-refractivity contribution in [3.63, 3.8) is 0 Å². The second kappa shape index (κ2) is 3.85. The van der Waals surface area contributed by atoms with Crippen molar-refractivity contribution in [2.45, 2.75) is 6.54 Å². The van der Waals surface area contributed by atoms with E-state index in [2.05, 4.69) is 10.2 Å². The summed E-state index contributed by atoms with van der Waals surface area (Å²) >= 11 is 0. The number of amides is 1. The van der Waals surface area contributed by atoms with Gasteiger partial charge in [0.1, 0.15) is 6.54 Å². The Balaban J connectivity index is 2.65. The van der Waals surface area contributed by atoms with Crippen LogP contribution in [0, 0.1) is 0 Å². The second-order valence-corrected chi connectivity index (χ2v) is 2.50. The number of hydrogen-bond acceptors (Lipinski definition) is 6. The smallest absolute Gasteiger partial charge is 0.318 e. The Kier molecular flexibility index (Phi) is 2.80. The third-order valence-corrected chi connectivity index (χ3v) is 1.35. The van der Waals surface area contributed by atoms with Crippen LogP contribution in [0.4, 0.5) is 6.01 Å². The molecule has 1 rings (SSSR count). The fourth-order valence-electron chi connectivity index (χ4n) is 0.783. The highest BCUT2D eigenvalue weighted by molar-refractivity contribution is 5.78. The van der Waals surface area contributed by atoms with Crippen molar-refractivity contribution < 1.29 is 9.21 Å². The minimum atomic E-state index is -0.463. The van der Waals surface area contributed by atoms with Crippen molar-refractivity contribution in [2.75, 3.05) is 18.5 Å². The lowest BCUT2D eigenvalue weighted by molar-refractivity contribution is -0.116. The molecule has 0 fully saturated rings. The van der Waals surface area contributed by atoms with Crippen LogP contribution in [0.1, 0.15) is 5.89 Å². The van der Waals surface area contributed by atoms with E-state index in [9.17, 15) is 4.79 Å². The van der Waals surface area contributed by atoms with Crippen LogP contribution in [0.2, 0.25) is 0 Å². The van der Waals surface area contributed by atoms with E-state index < -0.39 is 5.91 Å². The standard InChI is InChI=1S/C6H11N5O2/c1-11(3-4(8)12)6-10-9-5(2-7)13-6/h2-3,7H2,1H3,(H2,8,12). The third kappa shape index (κ3) is 2.41. The number of hydrogen-bond donors (Lipinski definition) is 2. The van der Waals surface area contributed by atoms with Crippen LogP contribution in [0.3, 0.4) is 0 Å². The number of carbonyl (C=O) groups is 1. The summed E-state index contributed by atoms with van der Waals surface area (Å²) in [5.41, 5.74) is 10.2. The van der Waals surface area contributed by atoms with Crippen LogP contribution in [0.5, 0.6) is 0 Å². The summed E-state index contributed by atoms with van der Waals surface area (Å²) in [6.07, 6.45) is 0. The van der Waals surface area contributed by atoms with Gasteiger partial charge in [0, 0.05) is 7.05 Å². The number of nitrogens with zero attached hydrogens (tertiary/aromatic N) is 3. The predicted molar refractivity (Wildman–Crippen MR) is 44.7 cm³/mol. The molecular weight excluding hydrogens is 174 g/mol. The third-order valence-electron chi connectivity index (χ3n) is 1.35. The number of likely N-dealkylation sites (N-methyl/N-ethyl adjacent to an activating group) is 1. The van der Waals surface area contributed by atoms with Gasteiger partial charge in [-0.3, -0.25) is 4.79 Å². The zero-order valence-corrected chi connectivity index (χ0v) is 7.23. The molecule has 0 aliphatic rings. The van der Waals surface area contributed by atoms with Gasteiger partial charge in [-0.25, -0.2) is 0 Å². The summed E-state index contributed by atoms with van der Waals surface area (Å²) in [7, 11) is 1.62. The average Bonchev–Trinajstić information content (AvgIpc) is 2.50. The van der Waals surface area contributed by atoms with Crippen LogP contribution in [-0.2, 0) is 11.3 Å². The molecule has 0 radical (unpaired) electrons. The van der Waals surface area contributed by atoms with Crippen LogP contribution in [0.25, 0.3) is 0 Å². The Morgan fingerprint density at radius 1 is 1.62 bits per heavy atom. The molecule has 0 aromatic carbocycles. The molecule has 0 atom stereocenters. The Morgan fingerprint density at radius 3 is 2.77 bits per heavy atom. The summed E-state index contributed by atoms with van der Waals surface area (Å²) in [6, 6.07) is 0.235. The summed E-state index contributed by atoms with van der Waals surface area (Å²) < 4.78 is 5.07. The molecule has 0 bridgehead atoms. The number of rotatable bonds is 4. The highest BCUT2D eigenvalue weighted by Gasteiger charge is 2.11. The first-order chi connectivity index (χ1) is 6.13. The van der Waals surface area contributed by atoms with E-state index in [4.69, 9.17) is 15.9 Å². The maximum Gasteiger partial charge on any atom is 0.318 e. The fraction of sp³-hybridized carbons (Fsp3) is 0.500. The molecule has 13 heavy (non-hydrogen) atoms. The molecule has 7 nitrogen and oxygen atoms in total. The molecule has 1 aromatic heterocycles. The summed E-state index contributed by atoms with van der Waals surface area (Å²) in [4.78, 5) is 12.0. The quantitative estimate of drug-likeness (QED) is 0.587. The monoisotopic (exact) mass is 185 g/mol. The topological polar surface area (TPSA) is 111 Å². The molecule has 0 aliphatic carbocycles. The van der Waals surface area contributed by atoms with Gasteiger partial charge in [0.2, 0.25) is 11.8 Å². The highest BCUT2D eigenvalue weighted by atomic mass is 16.4. The van der Waals surface area contributed by atoms with Gasteiger partial charge in [-0.1, -0.05) is 5.10 Å². The van der Waals surface area contributed by atoms with Crippen LogP contribution in [-0.4, -0.2) is 29.7 Å². The number of carbonyl (C=O) groups excluding carboxylic acids is 1. The zero-order chi connectivity index (χ0) is 9.84. The maximum atomic E-state index is 10.5. The van der Waals surface area contributed by atoms with Crippen molar-refractivity contribution in [1.82, 2.24) is 10.2 Å². The molecule has 1 aromatic rings. The molecule has 0 saturated heterocycles. The van der Waals surface area contributed by atoms with Gasteiger partial charge in [0.25, 0.3) is 0 Å². The lowest BCUT2D eigenvalue weighted by Gasteiger charge is -2.09. The van der Waals surface area contributed by atoms with Crippen LogP contribution in [0.15, 0.2) is 4.42 Å². The summed E-state index contributed by atoms with van der Waals surface area (Å²) in [5, 5.41) is 7.29. The van der Waals surface area contributed by atoms with E-state index in [1.807, 2.05) is 0 Å². The van der Waals surface area contributed by atoms with E-state index in [1.165, 1.54) is 4.90 Å². The first kappa shape index (κ1) is 9.46. The molecule has 0 saturated carbocycles. The summed E-state index contributed by atoms with van der Waals surface area (Å²) in [5.74, 6) is -0.138. The number of primary amides is 1. The van der Waals surface area contributed by atoms with Crippen molar-refractivity contribution in [3.05, 3.63) is 5.89 Å². The van der Waals surface area contributed by atoms with E-state index in [0.717, 1.165) is 0 Å². The van der Waals surface area contributed by atoms with E-state index in [0.29, 0.717) is 5.89 Å². The molecule has 0 unspecified atom stereocenters. The largest absolute Gasteiger partial charge is 0.407 e. The Labute approximate surface area is 74.7 Å². The van der Waals surface area contributed by atoms with Gasteiger partial charge >= 0.3 is 6.01 Å². The van der Waals surface area contributed by atoms with Gasteiger partial charge in [0.15, 0.2) is 0 Å². The maximum absolute atomic E-state index is 10.5. The molecule has 0 spiro atoms. The van der Waals surface area contributed by atoms with Gasteiger partial charge in [-0.15, -0.1) is 5.10 Å². The SMILES string of the molecule is CN(CC(N)=O)c1nnc(CN)o1. The van der Waals surface area contributed by atoms with Gasteiger partial charge in [-0.05, 0) is 0 Å². The van der Waals surface area contributed by atoms with Crippen LogP contribution < -0.4 is 16.4 Å². The fourth-order valence-corrected chi connectivity index (χ4v) is 0.783. The van der Waals surface area contributed by atoms with Crippen molar-refractivity contribution in [1.29, 1.82) is 0 Å². The van der Waals surface area contributed by atoms with E-state index >= 15 is 0 Å². The second-order valence-electron chi connectivity index (χ2n) is 2.50. The first-order valence-electron chi connectivity index (χ1n) is 3.65. The molecule has 1 heterocycles. The zero-order valence-electron chi connectivity index (χ0n) is 7.23. The minimum absolute atomic E-state index is 0.0339. The van der Waals surface area contributed by atoms with Gasteiger partial charge in [0.05, 0.1) is 6.54 Å². The Hall–Kier alpha value is -1.63. The molecule has 72 valence electrons. The molecule has 7 heteroatoms. The van der Waals surface area contributed by atoms with Crippen molar-refractivity contribution >= 4 is 11.9 Å². The lowest BCUT2D eigenvalue weighted by Crippen LogP contribution is -2.30. The van der Waals surface area contributed by atoms with E-state index in [-0.39, 0.29) is 19.1 Å². The Morgan fingerprint density at radius 2 is 2.31 bits per heavy atom. The minimum Gasteiger partial charge on any atom is -0.407 e. The molecule has 4 N–H and O–H groups in total. The van der Waals surface area contributed by atoms with Gasteiger partial charge in [-0.2, -0.15) is 0 Å². The number of aromatic nitrogens is 2. The Bertz CT molecular complexity index is 297. The number of anilines is 1. The number of nitrogens with two attached hydrogens (primary N) is 2. The van der Waals surface area contributed by atoms with Crippen molar-refractivity contribution in [2.24, 2.45) is 11.5 Å². The van der Waals surface area contributed by atoms with Crippen molar-refractivity contribution in [3.8, 4) is 0 Å². The first-order valence-corrected chi connectivity index (χ1v) is 3.65. The highest BCUT2D eigenvalue weighted by Crippen LogP contribution is 2.08. The lowest BCUT2D eigenvalue weighted by atomic mass is 10.6. The summed E-state index contributed by atoms with van der Waals surface area (Å²) in [6.45, 7) is 0.212. The van der Waals surface area contributed by atoms with Gasteiger partial charge < -0.3 is 20.8 Å². The molecule has 1 amide bonds. The predicted octanol–water partition coefficient (Wildman–Crippen LogP) is -1.55. The normalized spacial score (nSPS) is 10.0.